The molecule has 2 aromatic rings. The number of carboxylic acid groups (broad SMARTS) is 1. The fourth-order valence-corrected chi connectivity index (χ4v) is 2.58. The molecule has 0 bridgehead atoms. The lowest BCUT2D eigenvalue weighted by atomic mass is 9.76. The van der Waals surface area contributed by atoms with Crippen molar-refractivity contribution in [1.82, 2.24) is 14.8 Å². The van der Waals surface area contributed by atoms with Gasteiger partial charge in [-0.3, -0.25) is 9.48 Å². The van der Waals surface area contributed by atoms with Gasteiger partial charge in [-0.25, -0.2) is 4.98 Å². The molecule has 0 radical (unpaired) electrons. The van der Waals surface area contributed by atoms with Gasteiger partial charge in [0.05, 0.1) is 6.54 Å². The maximum Gasteiger partial charge on any atom is 0.316 e. The molecule has 21 heavy (non-hydrogen) atoms. The van der Waals surface area contributed by atoms with Gasteiger partial charge in [0.2, 0.25) is 0 Å². The number of aromatic nitrogens is 3. The monoisotopic (exact) mass is 307 g/mol. The predicted octanol–water partition coefficient (Wildman–Crippen LogP) is 3.14. The van der Waals surface area contributed by atoms with E-state index in [4.69, 9.17) is 11.6 Å². The SMILES string of the molecule is CCCCC(Cn1cncn1)(C(=O)O)c1ccc(Cl)cc1. The zero-order valence-electron chi connectivity index (χ0n) is 11.9. The second kappa shape index (κ2) is 6.72. The Hall–Kier alpha value is -1.88. The largest absolute Gasteiger partial charge is 0.481 e. The number of nitrogens with zero attached hydrogens (tertiary/aromatic N) is 3. The highest BCUT2D eigenvalue weighted by atomic mass is 35.5. The number of carbonyl (C=O) groups is 1. The van der Waals surface area contributed by atoms with Gasteiger partial charge in [0, 0.05) is 5.02 Å². The number of unbranched alkanes of at least 4 members (excludes halogenated alkanes) is 1. The molecule has 0 fully saturated rings. The third kappa shape index (κ3) is 3.42. The van der Waals surface area contributed by atoms with E-state index >= 15 is 0 Å². The Labute approximate surface area is 128 Å². The van der Waals surface area contributed by atoms with Crippen molar-refractivity contribution in [2.24, 2.45) is 0 Å². The molecule has 1 N–H and O–H groups in total. The molecule has 0 aliphatic rings. The average molecular weight is 308 g/mol. The predicted molar refractivity (Wildman–Crippen MR) is 80.3 cm³/mol. The van der Waals surface area contributed by atoms with E-state index in [1.807, 2.05) is 6.92 Å². The molecular weight excluding hydrogens is 290 g/mol. The summed E-state index contributed by atoms with van der Waals surface area (Å²) >= 11 is 5.91. The molecule has 0 spiro atoms. The summed E-state index contributed by atoms with van der Waals surface area (Å²) in [5, 5.41) is 14.5. The third-order valence-electron chi connectivity index (χ3n) is 3.66. The van der Waals surface area contributed by atoms with Crippen molar-refractivity contribution in [3.05, 3.63) is 47.5 Å². The van der Waals surface area contributed by atoms with Gasteiger partial charge in [-0.15, -0.1) is 0 Å². The summed E-state index contributed by atoms with van der Waals surface area (Å²) in [6.07, 6.45) is 5.25. The van der Waals surface area contributed by atoms with Crippen molar-refractivity contribution in [2.75, 3.05) is 0 Å². The summed E-state index contributed by atoms with van der Waals surface area (Å²) in [7, 11) is 0. The molecule has 0 aliphatic carbocycles. The Morgan fingerprint density at radius 1 is 1.38 bits per heavy atom. The van der Waals surface area contributed by atoms with Gasteiger partial charge in [-0.1, -0.05) is 43.5 Å². The standard InChI is InChI=1S/C15H18ClN3O2/c1-2-3-8-15(14(20)21,9-19-11-17-10-18-19)12-4-6-13(16)7-5-12/h4-7,10-11H,2-3,8-9H2,1H3,(H,20,21). The third-order valence-corrected chi connectivity index (χ3v) is 3.91. The Morgan fingerprint density at radius 2 is 2.10 bits per heavy atom. The van der Waals surface area contributed by atoms with Crippen molar-refractivity contribution in [2.45, 2.75) is 38.1 Å². The number of aliphatic carboxylic acids is 1. The second-order valence-corrected chi connectivity index (χ2v) is 5.53. The van der Waals surface area contributed by atoms with E-state index < -0.39 is 11.4 Å². The first kappa shape index (κ1) is 15.5. The normalized spacial score (nSPS) is 13.8. The van der Waals surface area contributed by atoms with Crippen LogP contribution in [0.3, 0.4) is 0 Å². The minimum absolute atomic E-state index is 0.254. The van der Waals surface area contributed by atoms with Gasteiger partial charge in [0.25, 0.3) is 0 Å². The lowest BCUT2D eigenvalue weighted by Crippen LogP contribution is -2.40. The van der Waals surface area contributed by atoms with E-state index in [-0.39, 0.29) is 6.54 Å². The van der Waals surface area contributed by atoms with Crippen LogP contribution in [0.5, 0.6) is 0 Å². The van der Waals surface area contributed by atoms with E-state index in [0.29, 0.717) is 11.4 Å². The molecule has 0 saturated heterocycles. The zero-order valence-corrected chi connectivity index (χ0v) is 12.6. The van der Waals surface area contributed by atoms with Crippen LogP contribution in [0.1, 0.15) is 31.7 Å². The second-order valence-electron chi connectivity index (χ2n) is 5.09. The molecule has 0 aliphatic heterocycles. The molecule has 0 amide bonds. The average Bonchev–Trinajstić information content (AvgIpc) is 2.97. The smallest absolute Gasteiger partial charge is 0.316 e. The first-order chi connectivity index (χ1) is 10.1. The van der Waals surface area contributed by atoms with Gasteiger partial charge in [-0.2, -0.15) is 5.10 Å². The molecule has 1 atom stereocenters. The first-order valence-electron chi connectivity index (χ1n) is 6.90. The van der Waals surface area contributed by atoms with Crippen LogP contribution in [0.2, 0.25) is 5.02 Å². The zero-order chi connectivity index (χ0) is 15.3. The Balaban J connectivity index is 2.43. The molecule has 1 heterocycles. The van der Waals surface area contributed by atoms with Crippen molar-refractivity contribution in [1.29, 1.82) is 0 Å². The number of carboxylic acids is 1. The summed E-state index contributed by atoms with van der Waals surface area (Å²) in [5.74, 6) is -0.853. The van der Waals surface area contributed by atoms with Crippen molar-refractivity contribution in [3.8, 4) is 0 Å². The summed E-state index contributed by atoms with van der Waals surface area (Å²) in [6.45, 7) is 2.30. The van der Waals surface area contributed by atoms with E-state index in [9.17, 15) is 9.90 Å². The Bertz CT molecular complexity index is 583. The van der Waals surface area contributed by atoms with Gasteiger partial charge < -0.3 is 5.11 Å². The fraction of sp³-hybridized carbons (Fsp3) is 0.400. The van der Waals surface area contributed by atoms with Gasteiger partial charge >= 0.3 is 5.97 Å². The minimum atomic E-state index is -1.02. The maximum absolute atomic E-state index is 12.0. The van der Waals surface area contributed by atoms with E-state index in [0.717, 1.165) is 18.4 Å². The van der Waals surface area contributed by atoms with Crippen LogP contribution >= 0.6 is 11.6 Å². The number of halogens is 1. The van der Waals surface area contributed by atoms with E-state index in [2.05, 4.69) is 10.1 Å². The molecular formula is C15H18ClN3O2. The van der Waals surface area contributed by atoms with Gasteiger partial charge in [0.1, 0.15) is 18.1 Å². The lowest BCUT2D eigenvalue weighted by Gasteiger charge is -2.30. The molecule has 2 rings (SSSR count). The summed E-state index contributed by atoms with van der Waals surface area (Å²) < 4.78 is 1.57. The van der Waals surface area contributed by atoms with Crippen molar-refractivity contribution >= 4 is 17.6 Å². The molecule has 6 heteroatoms. The highest BCUT2D eigenvalue weighted by Crippen LogP contribution is 2.33. The Kier molecular flexibility index (Phi) is 4.96. The molecule has 1 unspecified atom stereocenters. The quantitative estimate of drug-likeness (QED) is 0.853. The molecule has 0 saturated carbocycles. The maximum atomic E-state index is 12.0. The number of hydrogen-bond donors (Lipinski definition) is 1. The van der Waals surface area contributed by atoms with E-state index in [1.54, 1.807) is 35.3 Å². The highest BCUT2D eigenvalue weighted by molar-refractivity contribution is 6.30. The topological polar surface area (TPSA) is 68.0 Å². The van der Waals surface area contributed by atoms with Crippen molar-refractivity contribution in [3.63, 3.8) is 0 Å². The number of benzene rings is 1. The summed E-state index contributed by atoms with van der Waals surface area (Å²) in [6, 6.07) is 7.01. The molecule has 112 valence electrons. The highest BCUT2D eigenvalue weighted by Gasteiger charge is 2.40. The van der Waals surface area contributed by atoms with Crippen LogP contribution in [0.15, 0.2) is 36.9 Å². The van der Waals surface area contributed by atoms with Crippen molar-refractivity contribution < 1.29 is 9.90 Å². The first-order valence-corrected chi connectivity index (χ1v) is 7.28. The van der Waals surface area contributed by atoms with Crippen LogP contribution in [0.25, 0.3) is 0 Å². The fourth-order valence-electron chi connectivity index (χ4n) is 2.45. The minimum Gasteiger partial charge on any atom is -0.481 e. The van der Waals surface area contributed by atoms with E-state index in [1.165, 1.54) is 6.33 Å². The Morgan fingerprint density at radius 3 is 2.62 bits per heavy atom. The molecule has 5 nitrogen and oxygen atoms in total. The van der Waals surface area contributed by atoms with Crippen LogP contribution in [0, 0.1) is 0 Å². The summed E-state index contributed by atoms with van der Waals surface area (Å²) in [4.78, 5) is 15.9. The number of hydrogen-bond acceptors (Lipinski definition) is 3. The van der Waals surface area contributed by atoms with Crippen LogP contribution in [0.4, 0.5) is 0 Å². The van der Waals surface area contributed by atoms with Crippen LogP contribution in [-0.2, 0) is 16.8 Å². The number of rotatable bonds is 7. The van der Waals surface area contributed by atoms with Gasteiger partial charge in [0.15, 0.2) is 0 Å². The van der Waals surface area contributed by atoms with Crippen LogP contribution in [-0.4, -0.2) is 25.8 Å². The lowest BCUT2D eigenvalue weighted by molar-refractivity contribution is -0.145. The molecule has 1 aromatic carbocycles. The summed E-state index contributed by atoms with van der Waals surface area (Å²) in [5.41, 5.74) is -0.280. The van der Waals surface area contributed by atoms with Gasteiger partial charge in [-0.05, 0) is 24.1 Å². The molecule has 1 aromatic heterocycles. The van der Waals surface area contributed by atoms with Crippen LogP contribution < -0.4 is 0 Å².